The van der Waals surface area contributed by atoms with Crippen molar-refractivity contribution in [3.8, 4) is 0 Å². The molecule has 2 nitrogen and oxygen atoms in total. The van der Waals surface area contributed by atoms with Crippen LogP contribution in [-0.4, -0.2) is 19.8 Å². The number of benzene rings is 1. The van der Waals surface area contributed by atoms with E-state index in [0.717, 1.165) is 32.4 Å². The summed E-state index contributed by atoms with van der Waals surface area (Å²) in [6.45, 7) is 6.42. The predicted molar refractivity (Wildman–Crippen MR) is 78.2 cm³/mol. The van der Waals surface area contributed by atoms with Gasteiger partial charge in [-0.15, -0.1) is 0 Å². The standard InChI is InChI=1S/C15H23ClFNO/c1-3-8-18-15(7-10-19-9-4-2)13-6-5-12(16)11-14(13)17/h5-6,11,15,18H,3-4,7-10H2,1-2H3. The van der Waals surface area contributed by atoms with E-state index in [1.807, 2.05) is 0 Å². The smallest absolute Gasteiger partial charge is 0.129 e. The van der Waals surface area contributed by atoms with Crippen LogP contribution in [0.5, 0.6) is 0 Å². The zero-order valence-electron chi connectivity index (χ0n) is 11.7. The van der Waals surface area contributed by atoms with Crippen LogP contribution in [0.1, 0.15) is 44.7 Å². The first kappa shape index (κ1) is 16.4. The first-order valence-electron chi connectivity index (χ1n) is 6.95. The second-order valence-corrected chi connectivity index (χ2v) is 5.01. The van der Waals surface area contributed by atoms with Crippen molar-refractivity contribution in [2.45, 2.75) is 39.2 Å². The molecule has 0 fully saturated rings. The van der Waals surface area contributed by atoms with Crippen LogP contribution in [0.15, 0.2) is 18.2 Å². The van der Waals surface area contributed by atoms with E-state index in [0.29, 0.717) is 17.2 Å². The molecule has 0 amide bonds. The van der Waals surface area contributed by atoms with E-state index >= 15 is 0 Å². The fraction of sp³-hybridized carbons (Fsp3) is 0.600. The van der Waals surface area contributed by atoms with Gasteiger partial charge in [-0.1, -0.05) is 31.5 Å². The minimum Gasteiger partial charge on any atom is -0.381 e. The molecule has 0 aliphatic carbocycles. The van der Waals surface area contributed by atoms with Crippen LogP contribution in [-0.2, 0) is 4.74 Å². The maximum atomic E-state index is 13.9. The van der Waals surface area contributed by atoms with Crippen molar-refractivity contribution in [2.24, 2.45) is 0 Å². The topological polar surface area (TPSA) is 21.3 Å². The van der Waals surface area contributed by atoms with Gasteiger partial charge in [0.2, 0.25) is 0 Å². The Balaban J connectivity index is 2.66. The van der Waals surface area contributed by atoms with Crippen LogP contribution in [0.2, 0.25) is 5.02 Å². The summed E-state index contributed by atoms with van der Waals surface area (Å²) in [5, 5.41) is 3.79. The molecule has 19 heavy (non-hydrogen) atoms. The molecule has 1 unspecified atom stereocenters. The predicted octanol–water partition coefficient (Wildman–Crippen LogP) is 4.34. The Kier molecular flexibility index (Phi) is 8.03. The summed E-state index contributed by atoms with van der Waals surface area (Å²) in [6, 6.07) is 4.83. The van der Waals surface area contributed by atoms with Crippen molar-refractivity contribution >= 4 is 11.6 Å². The molecule has 4 heteroatoms. The summed E-state index contributed by atoms with van der Waals surface area (Å²) in [4.78, 5) is 0. The molecule has 0 aliphatic heterocycles. The molecule has 0 spiro atoms. The monoisotopic (exact) mass is 287 g/mol. The number of halogens is 2. The molecule has 1 aromatic carbocycles. The molecule has 0 aromatic heterocycles. The van der Waals surface area contributed by atoms with Crippen LogP contribution in [0.4, 0.5) is 4.39 Å². The highest BCUT2D eigenvalue weighted by Crippen LogP contribution is 2.23. The zero-order valence-corrected chi connectivity index (χ0v) is 12.5. The molecule has 108 valence electrons. The zero-order chi connectivity index (χ0) is 14.1. The Hall–Kier alpha value is -0.640. The summed E-state index contributed by atoms with van der Waals surface area (Å²) in [5.74, 6) is -0.253. The van der Waals surface area contributed by atoms with E-state index in [4.69, 9.17) is 16.3 Å². The minimum absolute atomic E-state index is 0.0194. The highest BCUT2D eigenvalue weighted by Gasteiger charge is 2.15. The molecule has 1 N–H and O–H groups in total. The van der Waals surface area contributed by atoms with Gasteiger partial charge in [-0.3, -0.25) is 0 Å². The summed E-state index contributed by atoms with van der Waals surface area (Å²) < 4.78 is 19.4. The average molecular weight is 288 g/mol. The van der Waals surface area contributed by atoms with E-state index < -0.39 is 0 Å². The van der Waals surface area contributed by atoms with Gasteiger partial charge in [0.25, 0.3) is 0 Å². The van der Waals surface area contributed by atoms with Crippen molar-refractivity contribution < 1.29 is 9.13 Å². The lowest BCUT2D eigenvalue weighted by Gasteiger charge is -2.19. The molecule has 1 atom stereocenters. The third kappa shape index (κ3) is 5.89. The van der Waals surface area contributed by atoms with Crippen molar-refractivity contribution in [3.05, 3.63) is 34.6 Å². The summed E-state index contributed by atoms with van der Waals surface area (Å²) >= 11 is 5.79. The van der Waals surface area contributed by atoms with E-state index in [2.05, 4.69) is 19.2 Å². The summed E-state index contributed by atoms with van der Waals surface area (Å²) in [6.07, 6.45) is 2.78. The maximum absolute atomic E-state index is 13.9. The molecule has 1 rings (SSSR count). The fourth-order valence-electron chi connectivity index (χ4n) is 1.92. The van der Waals surface area contributed by atoms with Crippen LogP contribution < -0.4 is 5.32 Å². The Morgan fingerprint density at radius 1 is 1.26 bits per heavy atom. The third-order valence-corrected chi connectivity index (χ3v) is 3.11. The number of hydrogen-bond donors (Lipinski definition) is 1. The number of ether oxygens (including phenoxy) is 1. The summed E-state index contributed by atoms with van der Waals surface area (Å²) in [7, 11) is 0. The first-order chi connectivity index (χ1) is 9.19. The molecule has 0 aliphatic rings. The molecule has 0 heterocycles. The van der Waals surface area contributed by atoms with Crippen LogP contribution in [0, 0.1) is 5.82 Å². The molecule has 0 bridgehead atoms. The van der Waals surface area contributed by atoms with Gasteiger partial charge in [-0.25, -0.2) is 4.39 Å². The highest BCUT2D eigenvalue weighted by atomic mass is 35.5. The highest BCUT2D eigenvalue weighted by molar-refractivity contribution is 6.30. The lowest BCUT2D eigenvalue weighted by Crippen LogP contribution is -2.24. The van der Waals surface area contributed by atoms with Crippen LogP contribution in [0.25, 0.3) is 0 Å². The normalized spacial score (nSPS) is 12.6. The van der Waals surface area contributed by atoms with Gasteiger partial charge < -0.3 is 10.1 Å². The van der Waals surface area contributed by atoms with E-state index in [-0.39, 0.29) is 11.9 Å². The SMILES string of the molecule is CCCNC(CCOCCC)c1ccc(Cl)cc1F. The molecular formula is C15H23ClFNO. The lowest BCUT2D eigenvalue weighted by molar-refractivity contribution is 0.124. The van der Waals surface area contributed by atoms with Crippen molar-refractivity contribution in [2.75, 3.05) is 19.8 Å². The Labute approximate surface area is 120 Å². The maximum Gasteiger partial charge on any atom is 0.129 e. The quantitative estimate of drug-likeness (QED) is 0.682. The molecular weight excluding hydrogens is 265 g/mol. The van der Waals surface area contributed by atoms with Crippen molar-refractivity contribution in [1.29, 1.82) is 0 Å². The first-order valence-corrected chi connectivity index (χ1v) is 7.32. The molecule has 1 aromatic rings. The number of hydrogen-bond acceptors (Lipinski definition) is 2. The Morgan fingerprint density at radius 3 is 2.68 bits per heavy atom. The van der Waals surface area contributed by atoms with E-state index in [1.54, 1.807) is 12.1 Å². The average Bonchev–Trinajstić information content (AvgIpc) is 2.39. The van der Waals surface area contributed by atoms with Crippen molar-refractivity contribution in [3.63, 3.8) is 0 Å². The number of rotatable bonds is 9. The molecule has 0 saturated heterocycles. The van der Waals surface area contributed by atoms with Crippen molar-refractivity contribution in [1.82, 2.24) is 5.32 Å². The summed E-state index contributed by atoms with van der Waals surface area (Å²) in [5.41, 5.74) is 0.665. The fourth-order valence-corrected chi connectivity index (χ4v) is 2.08. The van der Waals surface area contributed by atoms with Gasteiger partial charge in [0.1, 0.15) is 5.82 Å². The van der Waals surface area contributed by atoms with Crippen LogP contribution >= 0.6 is 11.6 Å². The lowest BCUT2D eigenvalue weighted by atomic mass is 10.0. The Morgan fingerprint density at radius 2 is 2.05 bits per heavy atom. The van der Waals surface area contributed by atoms with E-state index in [1.165, 1.54) is 6.07 Å². The van der Waals surface area contributed by atoms with Gasteiger partial charge in [-0.05, 0) is 37.9 Å². The van der Waals surface area contributed by atoms with Crippen LogP contribution in [0.3, 0.4) is 0 Å². The minimum atomic E-state index is -0.253. The third-order valence-electron chi connectivity index (χ3n) is 2.88. The van der Waals surface area contributed by atoms with Gasteiger partial charge in [0.05, 0.1) is 0 Å². The largest absolute Gasteiger partial charge is 0.381 e. The number of nitrogens with one attached hydrogen (secondary N) is 1. The van der Waals surface area contributed by atoms with Gasteiger partial charge in [0.15, 0.2) is 0 Å². The van der Waals surface area contributed by atoms with Gasteiger partial charge in [0, 0.05) is 29.8 Å². The molecule has 0 radical (unpaired) electrons. The second kappa shape index (κ2) is 9.29. The Bertz CT molecular complexity index is 373. The molecule has 0 saturated carbocycles. The van der Waals surface area contributed by atoms with Gasteiger partial charge in [-0.2, -0.15) is 0 Å². The second-order valence-electron chi connectivity index (χ2n) is 4.57. The van der Waals surface area contributed by atoms with E-state index in [9.17, 15) is 4.39 Å². The van der Waals surface area contributed by atoms with Gasteiger partial charge >= 0.3 is 0 Å².